The molecule has 6 nitrogen and oxygen atoms in total. The molecule has 3 rings (SSSR count). The number of hydrogen-bond acceptors (Lipinski definition) is 5. The first-order chi connectivity index (χ1) is 11.2. The lowest BCUT2D eigenvalue weighted by atomic mass is 10.2. The Hall–Kier alpha value is -1.92. The Kier molecular flexibility index (Phi) is 4.93. The van der Waals surface area contributed by atoms with E-state index in [0.29, 0.717) is 29.8 Å². The molecular weight excluding hydrogens is 316 g/mol. The summed E-state index contributed by atoms with van der Waals surface area (Å²) in [7, 11) is 0. The number of carbonyl (C=O) groups is 1. The smallest absolute Gasteiger partial charge is 0.241 e. The summed E-state index contributed by atoms with van der Waals surface area (Å²) in [5.74, 6) is 1.09. The van der Waals surface area contributed by atoms with E-state index >= 15 is 0 Å². The topological polar surface area (TPSA) is 71.3 Å². The minimum absolute atomic E-state index is 0.0691. The third-order valence-electron chi connectivity index (χ3n) is 3.94. The van der Waals surface area contributed by atoms with E-state index in [9.17, 15) is 4.79 Å². The van der Waals surface area contributed by atoms with Gasteiger partial charge in [0.05, 0.1) is 12.6 Å². The molecule has 1 fully saturated rings. The van der Waals surface area contributed by atoms with Gasteiger partial charge in [0.2, 0.25) is 17.6 Å². The SMILES string of the molecule is CC[C@@H]1C(=O)NCCCN1Cc1nc(-c2cccc(Cl)c2)no1. The van der Waals surface area contributed by atoms with Crippen molar-refractivity contribution in [1.82, 2.24) is 20.4 Å². The Balaban J connectivity index is 1.76. The van der Waals surface area contributed by atoms with Gasteiger partial charge in [0.15, 0.2) is 0 Å². The van der Waals surface area contributed by atoms with Crippen molar-refractivity contribution in [1.29, 1.82) is 0 Å². The van der Waals surface area contributed by atoms with Gasteiger partial charge in [-0.05, 0) is 25.0 Å². The molecule has 1 aliphatic heterocycles. The molecule has 1 aromatic heterocycles. The number of carbonyl (C=O) groups excluding carboxylic acids is 1. The van der Waals surface area contributed by atoms with Crippen molar-refractivity contribution in [2.75, 3.05) is 13.1 Å². The summed E-state index contributed by atoms with van der Waals surface area (Å²) in [6, 6.07) is 7.17. The third-order valence-corrected chi connectivity index (χ3v) is 4.18. The van der Waals surface area contributed by atoms with Crippen LogP contribution < -0.4 is 5.32 Å². The van der Waals surface area contributed by atoms with Crippen LogP contribution >= 0.6 is 11.6 Å². The van der Waals surface area contributed by atoms with E-state index in [1.807, 2.05) is 19.1 Å². The molecule has 0 spiro atoms. The highest BCUT2D eigenvalue weighted by atomic mass is 35.5. The molecule has 0 aliphatic carbocycles. The first-order valence-corrected chi connectivity index (χ1v) is 8.15. The number of aromatic nitrogens is 2. The fourth-order valence-electron chi connectivity index (χ4n) is 2.80. The maximum atomic E-state index is 12.1. The van der Waals surface area contributed by atoms with Crippen LogP contribution in [0.5, 0.6) is 0 Å². The second-order valence-corrected chi connectivity index (χ2v) is 6.00. The summed E-state index contributed by atoms with van der Waals surface area (Å²) in [5, 5.41) is 7.58. The van der Waals surface area contributed by atoms with Gasteiger partial charge in [-0.3, -0.25) is 9.69 Å². The predicted octanol–water partition coefficient (Wildman–Crippen LogP) is 2.49. The lowest BCUT2D eigenvalue weighted by Gasteiger charge is -2.25. The molecule has 1 N–H and O–H groups in total. The van der Waals surface area contributed by atoms with Gasteiger partial charge >= 0.3 is 0 Å². The normalized spacial score (nSPS) is 19.4. The molecule has 122 valence electrons. The van der Waals surface area contributed by atoms with Crippen molar-refractivity contribution in [3.05, 3.63) is 35.2 Å². The number of benzene rings is 1. The average molecular weight is 335 g/mol. The standard InChI is InChI=1S/C16H19ClN4O2/c1-2-13-16(22)18-7-4-8-21(13)10-14-19-15(20-23-14)11-5-3-6-12(17)9-11/h3,5-6,9,13H,2,4,7-8,10H2,1H3,(H,18,22)/t13-/m1/s1. The second kappa shape index (κ2) is 7.10. The van der Waals surface area contributed by atoms with Gasteiger partial charge in [0, 0.05) is 23.7 Å². The number of nitrogens with one attached hydrogen (secondary N) is 1. The monoisotopic (exact) mass is 334 g/mol. The summed E-state index contributed by atoms with van der Waals surface area (Å²) in [6.07, 6.45) is 1.67. The van der Waals surface area contributed by atoms with Crippen molar-refractivity contribution in [3.8, 4) is 11.4 Å². The summed E-state index contributed by atoms with van der Waals surface area (Å²) in [5.41, 5.74) is 0.813. The molecule has 1 saturated heterocycles. The number of amides is 1. The van der Waals surface area contributed by atoms with E-state index in [4.69, 9.17) is 16.1 Å². The molecule has 1 amide bonds. The van der Waals surface area contributed by atoms with Crippen molar-refractivity contribution in [2.24, 2.45) is 0 Å². The van der Waals surface area contributed by atoms with Gasteiger partial charge in [0.25, 0.3) is 0 Å². The van der Waals surface area contributed by atoms with E-state index in [1.165, 1.54) is 0 Å². The highest BCUT2D eigenvalue weighted by Gasteiger charge is 2.27. The molecule has 1 aliphatic rings. The Labute approximate surface area is 139 Å². The molecular formula is C16H19ClN4O2. The highest BCUT2D eigenvalue weighted by Crippen LogP contribution is 2.21. The third kappa shape index (κ3) is 3.71. The molecule has 7 heteroatoms. The molecule has 0 bridgehead atoms. The van der Waals surface area contributed by atoms with Crippen LogP contribution in [0.1, 0.15) is 25.7 Å². The zero-order valence-electron chi connectivity index (χ0n) is 13.0. The van der Waals surface area contributed by atoms with Crippen LogP contribution in [0.15, 0.2) is 28.8 Å². The zero-order chi connectivity index (χ0) is 16.2. The van der Waals surface area contributed by atoms with Gasteiger partial charge in [-0.2, -0.15) is 4.98 Å². The van der Waals surface area contributed by atoms with E-state index in [2.05, 4.69) is 20.4 Å². The van der Waals surface area contributed by atoms with Crippen molar-refractivity contribution in [3.63, 3.8) is 0 Å². The highest BCUT2D eigenvalue weighted by molar-refractivity contribution is 6.30. The molecule has 2 aromatic rings. The van der Waals surface area contributed by atoms with Crippen LogP contribution in [0.25, 0.3) is 11.4 Å². The van der Waals surface area contributed by atoms with Gasteiger partial charge < -0.3 is 9.84 Å². The van der Waals surface area contributed by atoms with E-state index < -0.39 is 0 Å². The van der Waals surface area contributed by atoms with Gasteiger partial charge in [-0.25, -0.2) is 0 Å². The quantitative estimate of drug-likeness (QED) is 0.930. The fraction of sp³-hybridized carbons (Fsp3) is 0.438. The van der Waals surface area contributed by atoms with E-state index in [0.717, 1.165) is 24.9 Å². The fourth-order valence-corrected chi connectivity index (χ4v) is 2.99. The number of rotatable bonds is 4. The molecule has 2 heterocycles. The molecule has 23 heavy (non-hydrogen) atoms. The van der Waals surface area contributed by atoms with Crippen LogP contribution in [0.2, 0.25) is 5.02 Å². The second-order valence-electron chi connectivity index (χ2n) is 5.56. The van der Waals surface area contributed by atoms with Gasteiger partial charge in [0.1, 0.15) is 0 Å². The summed E-state index contributed by atoms with van der Waals surface area (Å²) in [6.45, 7) is 4.02. The van der Waals surface area contributed by atoms with Gasteiger partial charge in [-0.1, -0.05) is 35.8 Å². The lowest BCUT2D eigenvalue weighted by molar-refractivity contribution is -0.125. The van der Waals surface area contributed by atoms with Crippen molar-refractivity contribution >= 4 is 17.5 Å². The summed E-state index contributed by atoms with van der Waals surface area (Å²) < 4.78 is 5.35. The number of hydrogen-bond donors (Lipinski definition) is 1. The van der Waals surface area contributed by atoms with Crippen LogP contribution in [0.3, 0.4) is 0 Å². The minimum atomic E-state index is -0.154. The van der Waals surface area contributed by atoms with Crippen molar-refractivity contribution < 1.29 is 9.32 Å². The van der Waals surface area contributed by atoms with Crippen LogP contribution in [0.4, 0.5) is 0 Å². The van der Waals surface area contributed by atoms with Gasteiger partial charge in [-0.15, -0.1) is 0 Å². The Morgan fingerprint density at radius 1 is 1.48 bits per heavy atom. The minimum Gasteiger partial charge on any atom is -0.355 e. The molecule has 0 saturated carbocycles. The number of nitrogens with zero attached hydrogens (tertiary/aromatic N) is 3. The molecule has 1 atom stereocenters. The van der Waals surface area contributed by atoms with Crippen LogP contribution in [-0.2, 0) is 11.3 Å². The summed E-state index contributed by atoms with van der Waals surface area (Å²) >= 11 is 5.99. The molecule has 0 unspecified atom stereocenters. The Morgan fingerprint density at radius 3 is 3.13 bits per heavy atom. The largest absolute Gasteiger partial charge is 0.355 e. The average Bonchev–Trinajstić information content (AvgIpc) is 2.93. The zero-order valence-corrected chi connectivity index (χ0v) is 13.7. The van der Waals surface area contributed by atoms with Crippen LogP contribution in [-0.4, -0.2) is 40.1 Å². The first-order valence-electron chi connectivity index (χ1n) is 7.77. The maximum Gasteiger partial charge on any atom is 0.241 e. The first kappa shape index (κ1) is 16.0. The van der Waals surface area contributed by atoms with Crippen molar-refractivity contribution in [2.45, 2.75) is 32.4 Å². The Bertz CT molecular complexity index is 688. The Morgan fingerprint density at radius 2 is 2.35 bits per heavy atom. The molecule has 0 radical (unpaired) electrons. The predicted molar refractivity (Wildman–Crippen MR) is 86.9 cm³/mol. The maximum absolute atomic E-state index is 12.1. The van der Waals surface area contributed by atoms with E-state index in [1.54, 1.807) is 12.1 Å². The van der Waals surface area contributed by atoms with Crippen LogP contribution in [0, 0.1) is 0 Å². The molecule has 1 aromatic carbocycles. The van der Waals surface area contributed by atoms with E-state index in [-0.39, 0.29) is 11.9 Å². The number of halogens is 1. The lowest BCUT2D eigenvalue weighted by Crippen LogP contribution is -2.43. The summed E-state index contributed by atoms with van der Waals surface area (Å²) in [4.78, 5) is 18.6.